The van der Waals surface area contributed by atoms with Gasteiger partial charge in [0, 0.05) is 0 Å². The average molecular weight is 312 g/mol. The number of unbranched alkanes of at least 4 members (excludes halogenated alkanes) is 1. The molecule has 0 spiro atoms. The third-order valence-electron chi connectivity index (χ3n) is 3.09. The van der Waals surface area contributed by atoms with Crippen molar-refractivity contribution in [2.24, 2.45) is 0 Å². The fourth-order valence-corrected chi connectivity index (χ4v) is 1.75. The summed E-state index contributed by atoms with van der Waals surface area (Å²) in [5, 5.41) is 0. The van der Waals surface area contributed by atoms with Crippen molar-refractivity contribution in [2.45, 2.75) is 39.8 Å². The lowest BCUT2D eigenvalue weighted by Crippen LogP contribution is -2.04. The van der Waals surface area contributed by atoms with Gasteiger partial charge < -0.3 is 0 Å². The molecule has 2 aromatic carbocycles. The molecule has 0 radical (unpaired) electrons. The molecule has 0 nitrogen and oxygen atoms in total. The summed E-state index contributed by atoms with van der Waals surface area (Å²) in [4.78, 5) is 0. The van der Waals surface area contributed by atoms with Crippen LogP contribution in [0.1, 0.15) is 37.8 Å². The first kappa shape index (κ1) is 18.2. The molecule has 0 aliphatic rings. The maximum Gasteiger partial charge on any atom is 0.416 e. The van der Waals surface area contributed by atoms with E-state index in [0.717, 1.165) is 17.7 Å². The predicted octanol–water partition coefficient (Wildman–Crippen LogP) is 6.63. The average Bonchev–Trinajstić information content (AvgIpc) is 2.46. The molecule has 22 heavy (non-hydrogen) atoms. The Morgan fingerprint density at radius 1 is 0.818 bits per heavy atom. The first-order valence-corrected chi connectivity index (χ1v) is 7.22. The summed E-state index contributed by atoms with van der Waals surface area (Å²) >= 11 is 0. The molecule has 0 saturated carbocycles. The van der Waals surface area contributed by atoms with Crippen LogP contribution in [0.25, 0.3) is 11.1 Å². The molecule has 0 amide bonds. The maximum absolute atomic E-state index is 13.2. The topological polar surface area (TPSA) is 0 Å². The largest absolute Gasteiger partial charge is 0.416 e. The number of aryl methyl sites for hydroxylation is 1. The van der Waals surface area contributed by atoms with Gasteiger partial charge in [-0.1, -0.05) is 44.9 Å². The van der Waals surface area contributed by atoms with Crippen molar-refractivity contribution in [1.82, 2.24) is 0 Å². The van der Waals surface area contributed by atoms with Crippen LogP contribution in [-0.2, 0) is 6.18 Å². The molecule has 0 N–H and O–H groups in total. The van der Waals surface area contributed by atoms with Gasteiger partial charge in [0.25, 0.3) is 0 Å². The van der Waals surface area contributed by atoms with Gasteiger partial charge in [-0.25, -0.2) is 4.39 Å². The van der Waals surface area contributed by atoms with Crippen molar-refractivity contribution in [3.63, 3.8) is 0 Å². The minimum atomic E-state index is -4.35. The van der Waals surface area contributed by atoms with E-state index in [1.807, 2.05) is 0 Å². The standard InChI is InChI=1S/C14H10F4.C4H10/c1-9-6-11(8-13(15)7-9)10-2-4-12(5-3-10)14(16,17)18;1-3-4-2/h2-8H,1H3;3-4H2,1-2H3. The zero-order valence-electron chi connectivity index (χ0n) is 13.0. The van der Waals surface area contributed by atoms with E-state index in [4.69, 9.17) is 0 Å². The number of hydrogen-bond donors (Lipinski definition) is 0. The van der Waals surface area contributed by atoms with E-state index in [0.29, 0.717) is 11.1 Å². The van der Waals surface area contributed by atoms with Crippen LogP contribution in [0.15, 0.2) is 42.5 Å². The molecule has 0 fully saturated rings. The highest BCUT2D eigenvalue weighted by atomic mass is 19.4. The van der Waals surface area contributed by atoms with Crippen LogP contribution in [0.3, 0.4) is 0 Å². The van der Waals surface area contributed by atoms with Crippen molar-refractivity contribution in [3.05, 3.63) is 59.4 Å². The lowest BCUT2D eigenvalue weighted by molar-refractivity contribution is -0.137. The first-order chi connectivity index (χ1) is 10.3. The molecule has 0 unspecified atom stereocenters. The lowest BCUT2D eigenvalue weighted by atomic mass is 10.0. The Morgan fingerprint density at radius 3 is 1.77 bits per heavy atom. The minimum Gasteiger partial charge on any atom is -0.207 e. The summed E-state index contributed by atoms with van der Waals surface area (Å²) in [6.07, 6.45) is -1.71. The molecular formula is C18H20F4. The summed E-state index contributed by atoms with van der Waals surface area (Å²) in [7, 11) is 0. The van der Waals surface area contributed by atoms with E-state index in [-0.39, 0.29) is 0 Å². The van der Waals surface area contributed by atoms with Gasteiger partial charge in [-0.3, -0.25) is 0 Å². The zero-order chi connectivity index (χ0) is 16.8. The normalized spacial score (nSPS) is 10.9. The molecular weight excluding hydrogens is 292 g/mol. The quantitative estimate of drug-likeness (QED) is 0.546. The van der Waals surface area contributed by atoms with Crippen LogP contribution >= 0.6 is 0 Å². The summed E-state index contributed by atoms with van der Waals surface area (Å²) in [5.74, 6) is -0.398. The van der Waals surface area contributed by atoms with E-state index < -0.39 is 17.6 Å². The summed E-state index contributed by atoms with van der Waals surface area (Å²) in [6, 6.07) is 9.08. The van der Waals surface area contributed by atoms with Gasteiger partial charge in [0.05, 0.1) is 5.56 Å². The molecule has 0 saturated heterocycles. The molecule has 0 aromatic heterocycles. The number of hydrogen-bond acceptors (Lipinski definition) is 0. The minimum absolute atomic E-state index is 0.398. The van der Waals surface area contributed by atoms with Crippen LogP contribution in [0.4, 0.5) is 17.6 Å². The first-order valence-electron chi connectivity index (χ1n) is 7.22. The summed E-state index contributed by atoms with van der Waals surface area (Å²) in [5.41, 5.74) is 1.15. The third-order valence-corrected chi connectivity index (χ3v) is 3.09. The van der Waals surface area contributed by atoms with Gasteiger partial charge in [0.1, 0.15) is 5.82 Å². The molecule has 0 bridgehead atoms. The Hall–Kier alpha value is -1.84. The Balaban J connectivity index is 0.000000541. The number of benzene rings is 2. The highest BCUT2D eigenvalue weighted by Gasteiger charge is 2.29. The van der Waals surface area contributed by atoms with Gasteiger partial charge in [-0.2, -0.15) is 13.2 Å². The smallest absolute Gasteiger partial charge is 0.207 e. The van der Waals surface area contributed by atoms with E-state index in [2.05, 4.69) is 13.8 Å². The molecule has 0 aliphatic carbocycles. The SMILES string of the molecule is CCCC.Cc1cc(F)cc(-c2ccc(C(F)(F)F)cc2)c1. The van der Waals surface area contributed by atoms with Gasteiger partial charge in [0.15, 0.2) is 0 Å². The predicted molar refractivity (Wildman–Crippen MR) is 82.2 cm³/mol. The number of rotatable bonds is 2. The fraction of sp³-hybridized carbons (Fsp3) is 0.333. The van der Waals surface area contributed by atoms with Crippen LogP contribution in [0, 0.1) is 12.7 Å². The molecule has 2 aromatic rings. The van der Waals surface area contributed by atoms with Crippen LogP contribution < -0.4 is 0 Å². The van der Waals surface area contributed by atoms with E-state index >= 15 is 0 Å². The monoisotopic (exact) mass is 312 g/mol. The molecule has 120 valence electrons. The Morgan fingerprint density at radius 2 is 1.36 bits per heavy atom. The summed E-state index contributed by atoms with van der Waals surface area (Å²) < 4.78 is 50.4. The summed E-state index contributed by atoms with van der Waals surface area (Å²) in [6.45, 7) is 6.09. The van der Waals surface area contributed by atoms with Crippen molar-refractivity contribution in [1.29, 1.82) is 0 Å². The van der Waals surface area contributed by atoms with Gasteiger partial charge in [0.2, 0.25) is 0 Å². The van der Waals surface area contributed by atoms with Gasteiger partial charge in [-0.05, 0) is 47.9 Å². The van der Waals surface area contributed by atoms with E-state index in [1.54, 1.807) is 13.0 Å². The fourth-order valence-electron chi connectivity index (χ4n) is 1.75. The number of alkyl halides is 3. The molecule has 2 rings (SSSR count). The van der Waals surface area contributed by atoms with Crippen molar-refractivity contribution in [3.8, 4) is 11.1 Å². The maximum atomic E-state index is 13.2. The van der Waals surface area contributed by atoms with Crippen LogP contribution in [0.5, 0.6) is 0 Å². The van der Waals surface area contributed by atoms with E-state index in [1.165, 1.54) is 37.1 Å². The van der Waals surface area contributed by atoms with Crippen molar-refractivity contribution in [2.75, 3.05) is 0 Å². The van der Waals surface area contributed by atoms with Crippen LogP contribution in [-0.4, -0.2) is 0 Å². The second kappa shape index (κ2) is 7.97. The van der Waals surface area contributed by atoms with E-state index in [9.17, 15) is 17.6 Å². The zero-order valence-corrected chi connectivity index (χ0v) is 13.0. The second-order valence-electron chi connectivity index (χ2n) is 5.09. The van der Waals surface area contributed by atoms with Gasteiger partial charge >= 0.3 is 6.18 Å². The molecule has 4 heteroatoms. The highest BCUT2D eigenvalue weighted by molar-refractivity contribution is 5.64. The Labute approximate surface area is 128 Å². The van der Waals surface area contributed by atoms with Crippen LogP contribution in [0.2, 0.25) is 0 Å². The Bertz CT molecular complexity index is 561. The van der Waals surface area contributed by atoms with Crippen molar-refractivity contribution < 1.29 is 17.6 Å². The third kappa shape index (κ3) is 5.51. The number of halogens is 4. The second-order valence-corrected chi connectivity index (χ2v) is 5.09. The molecule has 0 heterocycles. The highest BCUT2D eigenvalue weighted by Crippen LogP contribution is 2.31. The lowest BCUT2D eigenvalue weighted by Gasteiger charge is -2.08. The van der Waals surface area contributed by atoms with Gasteiger partial charge in [-0.15, -0.1) is 0 Å². The molecule has 0 aliphatic heterocycles. The molecule has 0 atom stereocenters. The van der Waals surface area contributed by atoms with Crippen molar-refractivity contribution >= 4 is 0 Å². The Kier molecular flexibility index (Phi) is 6.60.